The Kier molecular flexibility index (Phi) is 6.06. The van der Waals surface area contributed by atoms with Crippen LogP contribution in [0.2, 0.25) is 5.02 Å². The van der Waals surface area contributed by atoms with E-state index in [4.69, 9.17) is 21.1 Å². The number of rotatable bonds is 7. The summed E-state index contributed by atoms with van der Waals surface area (Å²) in [7, 11) is 3.60. The van der Waals surface area contributed by atoms with Crippen molar-refractivity contribution in [2.75, 3.05) is 7.11 Å². The van der Waals surface area contributed by atoms with Crippen LogP contribution in [0.5, 0.6) is 11.5 Å². The molecule has 0 spiro atoms. The van der Waals surface area contributed by atoms with Gasteiger partial charge >= 0.3 is 0 Å². The molecular weight excluding hydrogens is 370 g/mol. The molecule has 5 nitrogen and oxygen atoms in total. The lowest BCUT2D eigenvalue weighted by Gasteiger charge is -2.09. The second-order valence-electron chi connectivity index (χ2n) is 5.82. The van der Waals surface area contributed by atoms with E-state index in [9.17, 15) is 0 Å². The molecule has 0 N–H and O–H groups in total. The van der Waals surface area contributed by atoms with E-state index in [1.807, 2.05) is 54.9 Å². The molecule has 1 heterocycles. The third-order valence-corrected chi connectivity index (χ3v) is 5.27. The Bertz CT molecular complexity index is 898. The number of thioether (sulfide) groups is 1. The highest BCUT2D eigenvalue weighted by Gasteiger charge is 2.11. The van der Waals surface area contributed by atoms with Crippen LogP contribution < -0.4 is 9.47 Å². The third-order valence-electron chi connectivity index (χ3n) is 3.87. The first-order chi connectivity index (χ1) is 12.6. The van der Waals surface area contributed by atoms with Gasteiger partial charge in [-0.05, 0) is 42.3 Å². The molecule has 1 aromatic heterocycles. The highest BCUT2D eigenvalue weighted by molar-refractivity contribution is 7.98. The van der Waals surface area contributed by atoms with Crippen LogP contribution in [0.3, 0.4) is 0 Å². The summed E-state index contributed by atoms with van der Waals surface area (Å²) >= 11 is 7.79. The van der Waals surface area contributed by atoms with Crippen molar-refractivity contribution >= 4 is 23.4 Å². The van der Waals surface area contributed by atoms with E-state index in [1.54, 1.807) is 18.9 Å². The van der Waals surface area contributed by atoms with Gasteiger partial charge in [-0.25, -0.2) is 0 Å². The van der Waals surface area contributed by atoms with Gasteiger partial charge in [0.15, 0.2) is 11.0 Å². The molecule has 0 fully saturated rings. The second kappa shape index (κ2) is 8.47. The van der Waals surface area contributed by atoms with Crippen molar-refractivity contribution in [3.8, 4) is 11.5 Å². The molecule has 0 atom stereocenters. The molecule has 136 valence electrons. The van der Waals surface area contributed by atoms with Gasteiger partial charge in [0.25, 0.3) is 0 Å². The Morgan fingerprint density at radius 3 is 2.81 bits per heavy atom. The number of aryl methyl sites for hydroxylation is 1. The summed E-state index contributed by atoms with van der Waals surface area (Å²) in [5.74, 6) is 3.04. The summed E-state index contributed by atoms with van der Waals surface area (Å²) in [6.45, 7) is 2.31. The number of benzene rings is 2. The average Bonchev–Trinajstić information content (AvgIpc) is 3.00. The van der Waals surface area contributed by atoms with E-state index >= 15 is 0 Å². The predicted octanol–water partition coefficient (Wildman–Crippen LogP) is 4.66. The van der Waals surface area contributed by atoms with Crippen molar-refractivity contribution in [3.63, 3.8) is 0 Å². The molecule has 26 heavy (non-hydrogen) atoms. The highest BCUT2D eigenvalue weighted by atomic mass is 35.5. The van der Waals surface area contributed by atoms with Gasteiger partial charge in [-0.2, -0.15) is 0 Å². The summed E-state index contributed by atoms with van der Waals surface area (Å²) in [4.78, 5) is 0. The molecule has 0 aliphatic rings. The van der Waals surface area contributed by atoms with Crippen LogP contribution in [0.1, 0.15) is 17.0 Å². The Morgan fingerprint density at radius 1 is 1.15 bits per heavy atom. The molecule has 0 aliphatic carbocycles. The molecule has 0 saturated heterocycles. The summed E-state index contributed by atoms with van der Waals surface area (Å²) in [6.07, 6.45) is 0. The lowest BCUT2D eigenvalue weighted by atomic mass is 10.2. The summed E-state index contributed by atoms with van der Waals surface area (Å²) in [5.41, 5.74) is 2.26. The van der Waals surface area contributed by atoms with E-state index in [0.717, 1.165) is 28.0 Å². The van der Waals surface area contributed by atoms with E-state index < -0.39 is 0 Å². The van der Waals surface area contributed by atoms with Crippen molar-refractivity contribution in [3.05, 3.63) is 64.4 Å². The van der Waals surface area contributed by atoms with Crippen molar-refractivity contribution in [2.45, 2.75) is 24.4 Å². The fourth-order valence-corrected chi connectivity index (χ4v) is 3.42. The Balaban J connectivity index is 1.63. The van der Waals surface area contributed by atoms with E-state index in [2.05, 4.69) is 16.3 Å². The number of nitrogens with zero attached hydrogens (tertiary/aromatic N) is 3. The average molecular weight is 390 g/mol. The topological polar surface area (TPSA) is 49.2 Å². The Morgan fingerprint density at radius 2 is 2.00 bits per heavy atom. The molecule has 2 aromatic carbocycles. The maximum Gasteiger partial charge on any atom is 0.191 e. The zero-order valence-corrected chi connectivity index (χ0v) is 16.5. The number of methoxy groups -OCH3 is 1. The lowest BCUT2D eigenvalue weighted by Crippen LogP contribution is -2.04. The van der Waals surface area contributed by atoms with Crippen LogP contribution in [0.15, 0.2) is 47.6 Å². The normalized spacial score (nSPS) is 10.8. The van der Waals surface area contributed by atoms with Crippen LogP contribution in [0.25, 0.3) is 0 Å². The molecule has 3 rings (SSSR count). The second-order valence-corrected chi connectivity index (χ2v) is 7.17. The minimum absolute atomic E-state index is 0.312. The molecule has 0 bridgehead atoms. The number of aromatic nitrogens is 3. The first-order valence-corrected chi connectivity index (χ1v) is 9.46. The summed E-state index contributed by atoms with van der Waals surface area (Å²) < 4.78 is 13.0. The Hall–Kier alpha value is -2.18. The maximum atomic E-state index is 6.17. The van der Waals surface area contributed by atoms with Crippen molar-refractivity contribution in [2.24, 2.45) is 7.05 Å². The fraction of sp³-hybridized carbons (Fsp3) is 0.263. The van der Waals surface area contributed by atoms with Crippen molar-refractivity contribution < 1.29 is 9.47 Å². The van der Waals surface area contributed by atoms with Gasteiger partial charge in [-0.3, -0.25) is 0 Å². The monoisotopic (exact) mass is 389 g/mol. The fourth-order valence-electron chi connectivity index (χ4n) is 2.37. The predicted molar refractivity (Wildman–Crippen MR) is 104 cm³/mol. The van der Waals surface area contributed by atoms with Crippen LogP contribution in [0.4, 0.5) is 0 Å². The molecule has 0 saturated carbocycles. The van der Waals surface area contributed by atoms with Crippen molar-refractivity contribution in [1.29, 1.82) is 0 Å². The minimum Gasteiger partial charge on any atom is -0.497 e. The SMILES string of the molecule is COc1cccc(CSc2nnc(COc3cc(C)ccc3Cl)n2C)c1. The van der Waals surface area contributed by atoms with Gasteiger partial charge in [-0.15, -0.1) is 10.2 Å². The smallest absolute Gasteiger partial charge is 0.191 e. The van der Waals surface area contributed by atoms with E-state index in [-0.39, 0.29) is 0 Å². The quantitative estimate of drug-likeness (QED) is 0.550. The van der Waals surface area contributed by atoms with Crippen LogP contribution >= 0.6 is 23.4 Å². The largest absolute Gasteiger partial charge is 0.497 e. The van der Waals surface area contributed by atoms with Gasteiger partial charge in [-0.1, -0.05) is 41.6 Å². The number of hydrogen-bond donors (Lipinski definition) is 0. The van der Waals surface area contributed by atoms with Gasteiger partial charge in [0, 0.05) is 12.8 Å². The molecule has 7 heteroatoms. The van der Waals surface area contributed by atoms with Gasteiger partial charge < -0.3 is 14.0 Å². The zero-order valence-electron chi connectivity index (χ0n) is 14.9. The minimum atomic E-state index is 0.312. The number of ether oxygens (including phenoxy) is 2. The van der Waals surface area contributed by atoms with Gasteiger partial charge in [0.05, 0.1) is 12.1 Å². The maximum absolute atomic E-state index is 6.17. The van der Waals surface area contributed by atoms with Gasteiger partial charge in [0.2, 0.25) is 0 Å². The highest BCUT2D eigenvalue weighted by Crippen LogP contribution is 2.27. The molecular formula is C19H20ClN3O2S. The molecule has 0 amide bonds. The third kappa shape index (κ3) is 4.51. The molecule has 3 aromatic rings. The standard InChI is InChI=1S/C19H20ClN3O2S/c1-13-7-8-16(20)17(9-13)25-11-18-21-22-19(23(18)2)26-12-14-5-4-6-15(10-14)24-3/h4-10H,11-12H2,1-3H3. The van der Waals surface area contributed by atoms with E-state index in [0.29, 0.717) is 17.4 Å². The van der Waals surface area contributed by atoms with E-state index in [1.165, 1.54) is 5.56 Å². The lowest BCUT2D eigenvalue weighted by molar-refractivity contribution is 0.290. The Labute approximate surface area is 162 Å². The molecule has 0 radical (unpaired) electrons. The van der Waals surface area contributed by atoms with Crippen LogP contribution in [-0.2, 0) is 19.4 Å². The summed E-state index contributed by atoms with van der Waals surface area (Å²) in [5, 5.41) is 9.91. The first-order valence-electron chi connectivity index (χ1n) is 8.10. The molecule has 0 aliphatic heterocycles. The summed E-state index contributed by atoms with van der Waals surface area (Å²) in [6, 6.07) is 13.7. The molecule has 0 unspecified atom stereocenters. The zero-order chi connectivity index (χ0) is 18.5. The van der Waals surface area contributed by atoms with Crippen molar-refractivity contribution in [1.82, 2.24) is 14.8 Å². The van der Waals surface area contributed by atoms with Crippen LogP contribution in [0, 0.1) is 6.92 Å². The number of hydrogen-bond acceptors (Lipinski definition) is 5. The van der Waals surface area contributed by atoms with Gasteiger partial charge in [0.1, 0.15) is 18.1 Å². The number of halogens is 1. The van der Waals surface area contributed by atoms with Crippen LogP contribution in [-0.4, -0.2) is 21.9 Å². The first kappa shape index (κ1) is 18.6.